The van der Waals surface area contributed by atoms with Crippen LogP contribution < -0.4 is 27.4 Å². The van der Waals surface area contributed by atoms with Crippen LogP contribution in [0.1, 0.15) is 45.1 Å². The van der Waals surface area contributed by atoms with Crippen molar-refractivity contribution < 1.29 is 44.1 Å². The summed E-state index contributed by atoms with van der Waals surface area (Å²) in [5.74, 6) is -6.31. The number of benzene rings is 1. The van der Waals surface area contributed by atoms with E-state index >= 15 is 0 Å². The SMILES string of the molecule is CC(C)CC(NC(=O)C(N)CCC(N)=O)C(=O)NC(CC(=O)O)C(=O)NC(Cc1ccc(O)cc1)C(=O)O. The van der Waals surface area contributed by atoms with E-state index < -0.39 is 66.2 Å². The number of amides is 4. The van der Waals surface area contributed by atoms with Gasteiger partial charge in [0, 0.05) is 12.8 Å². The maximum atomic E-state index is 13.0. The number of hydrogen-bond acceptors (Lipinski definition) is 8. The van der Waals surface area contributed by atoms with Gasteiger partial charge in [0.05, 0.1) is 12.5 Å². The number of phenolic OH excluding ortho intramolecular Hbond substituents is 1. The highest BCUT2D eigenvalue weighted by Gasteiger charge is 2.32. The van der Waals surface area contributed by atoms with E-state index in [0.29, 0.717) is 5.56 Å². The van der Waals surface area contributed by atoms with Crippen molar-refractivity contribution >= 4 is 35.6 Å². The Morgan fingerprint density at radius 1 is 0.842 bits per heavy atom. The first-order chi connectivity index (χ1) is 17.7. The molecule has 0 saturated carbocycles. The van der Waals surface area contributed by atoms with Gasteiger partial charge in [-0.2, -0.15) is 0 Å². The van der Waals surface area contributed by atoms with E-state index in [4.69, 9.17) is 11.5 Å². The maximum Gasteiger partial charge on any atom is 0.326 e. The number of rotatable bonds is 16. The molecule has 0 aliphatic rings. The average molecular weight is 538 g/mol. The molecular formula is C24H35N5O9. The zero-order valence-corrected chi connectivity index (χ0v) is 21.2. The molecule has 0 heterocycles. The topological polar surface area (TPSA) is 251 Å². The van der Waals surface area contributed by atoms with Gasteiger partial charge in [0.25, 0.3) is 0 Å². The molecule has 0 radical (unpaired) electrons. The molecule has 1 aromatic rings. The Hall–Kier alpha value is -4.20. The van der Waals surface area contributed by atoms with E-state index in [9.17, 15) is 44.1 Å². The number of carbonyl (C=O) groups excluding carboxylic acids is 4. The molecule has 0 aliphatic carbocycles. The number of carboxylic acids is 2. The van der Waals surface area contributed by atoms with Crippen LogP contribution in [0, 0.1) is 5.92 Å². The van der Waals surface area contributed by atoms with E-state index in [2.05, 4.69) is 16.0 Å². The fourth-order valence-electron chi connectivity index (χ4n) is 3.41. The molecule has 4 atom stereocenters. The first kappa shape index (κ1) is 31.8. The summed E-state index contributed by atoms with van der Waals surface area (Å²) in [5, 5.41) is 35.1. The minimum absolute atomic E-state index is 0.0363. The minimum atomic E-state index is -1.66. The highest BCUT2D eigenvalue weighted by Crippen LogP contribution is 2.12. The second-order valence-electron chi connectivity index (χ2n) is 9.23. The predicted octanol–water partition coefficient (Wildman–Crippen LogP) is -1.41. The number of carbonyl (C=O) groups is 6. The molecular weight excluding hydrogens is 502 g/mol. The van der Waals surface area contributed by atoms with Gasteiger partial charge in [-0.05, 0) is 36.5 Å². The summed E-state index contributed by atoms with van der Waals surface area (Å²) >= 11 is 0. The van der Waals surface area contributed by atoms with Gasteiger partial charge in [-0.25, -0.2) is 4.79 Å². The van der Waals surface area contributed by atoms with Gasteiger partial charge in [0.1, 0.15) is 23.9 Å². The number of nitrogens with one attached hydrogen (secondary N) is 3. The summed E-state index contributed by atoms with van der Waals surface area (Å²) in [6.07, 6.45) is -1.13. The number of aliphatic carboxylic acids is 2. The summed E-state index contributed by atoms with van der Waals surface area (Å²) in [7, 11) is 0. The first-order valence-electron chi connectivity index (χ1n) is 11.9. The molecule has 0 fully saturated rings. The fraction of sp³-hybridized carbons (Fsp3) is 0.500. The molecule has 10 N–H and O–H groups in total. The number of primary amides is 1. The van der Waals surface area contributed by atoms with Crippen LogP contribution in [0.2, 0.25) is 0 Å². The highest BCUT2D eigenvalue weighted by atomic mass is 16.4. The molecule has 0 bridgehead atoms. The molecule has 38 heavy (non-hydrogen) atoms. The van der Waals surface area contributed by atoms with Crippen molar-refractivity contribution in [2.75, 3.05) is 0 Å². The Labute approximate surface area is 219 Å². The van der Waals surface area contributed by atoms with Gasteiger partial charge in [0.15, 0.2) is 0 Å². The van der Waals surface area contributed by atoms with Gasteiger partial charge in [-0.3, -0.25) is 24.0 Å². The van der Waals surface area contributed by atoms with E-state index in [1.165, 1.54) is 24.3 Å². The number of hydrogen-bond donors (Lipinski definition) is 8. The molecule has 1 aromatic carbocycles. The third-order valence-corrected chi connectivity index (χ3v) is 5.38. The van der Waals surface area contributed by atoms with Crippen molar-refractivity contribution in [3.05, 3.63) is 29.8 Å². The van der Waals surface area contributed by atoms with Crippen LogP contribution in [0.4, 0.5) is 0 Å². The van der Waals surface area contributed by atoms with Gasteiger partial charge in [0.2, 0.25) is 23.6 Å². The van der Waals surface area contributed by atoms with E-state index in [0.717, 1.165) is 0 Å². The lowest BCUT2D eigenvalue weighted by Crippen LogP contribution is -2.58. The molecule has 14 nitrogen and oxygen atoms in total. The second-order valence-corrected chi connectivity index (χ2v) is 9.23. The van der Waals surface area contributed by atoms with Crippen LogP contribution in [0.5, 0.6) is 5.75 Å². The summed E-state index contributed by atoms with van der Waals surface area (Å²) in [4.78, 5) is 72.3. The molecule has 0 aliphatic heterocycles. The molecule has 0 spiro atoms. The zero-order chi connectivity index (χ0) is 29.0. The fourth-order valence-corrected chi connectivity index (χ4v) is 3.41. The third-order valence-electron chi connectivity index (χ3n) is 5.38. The van der Waals surface area contributed by atoms with E-state index in [1.54, 1.807) is 13.8 Å². The predicted molar refractivity (Wildman–Crippen MR) is 133 cm³/mol. The number of aromatic hydroxyl groups is 1. The molecule has 4 unspecified atom stereocenters. The Bertz CT molecular complexity index is 1010. The van der Waals surface area contributed by atoms with Crippen LogP contribution in [-0.4, -0.2) is 75.1 Å². The Morgan fingerprint density at radius 2 is 1.37 bits per heavy atom. The Morgan fingerprint density at radius 3 is 1.87 bits per heavy atom. The summed E-state index contributed by atoms with van der Waals surface area (Å²) in [6, 6.07) is 0.144. The lowest BCUT2D eigenvalue weighted by Gasteiger charge is -2.25. The van der Waals surface area contributed by atoms with Crippen LogP contribution in [-0.2, 0) is 35.2 Å². The first-order valence-corrected chi connectivity index (χ1v) is 11.9. The van der Waals surface area contributed by atoms with Gasteiger partial charge in [-0.1, -0.05) is 26.0 Å². The van der Waals surface area contributed by atoms with Crippen molar-refractivity contribution in [2.24, 2.45) is 17.4 Å². The van der Waals surface area contributed by atoms with Crippen molar-refractivity contribution in [1.29, 1.82) is 0 Å². The van der Waals surface area contributed by atoms with Crippen LogP contribution in [0.25, 0.3) is 0 Å². The van der Waals surface area contributed by atoms with E-state index in [-0.39, 0.29) is 37.4 Å². The van der Waals surface area contributed by atoms with Gasteiger partial charge < -0.3 is 42.7 Å². The Balaban J connectivity index is 3.01. The normalized spacial score (nSPS) is 14.0. The smallest absolute Gasteiger partial charge is 0.326 e. The van der Waals surface area contributed by atoms with Gasteiger partial charge >= 0.3 is 11.9 Å². The van der Waals surface area contributed by atoms with Crippen molar-refractivity contribution in [3.63, 3.8) is 0 Å². The largest absolute Gasteiger partial charge is 0.508 e. The van der Waals surface area contributed by atoms with Gasteiger partial charge in [-0.15, -0.1) is 0 Å². The van der Waals surface area contributed by atoms with Crippen LogP contribution in [0.15, 0.2) is 24.3 Å². The third kappa shape index (κ3) is 11.7. The van der Waals surface area contributed by atoms with Crippen molar-refractivity contribution in [3.8, 4) is 5.75 Å². The van der Waals surface area contributed by atoms with Crippen molar-refractivity contribution in [2.45, 2.75) is 70.1 Å². The minimum Gasteiger partial charge on any atom is -0.508 e. The quantitative estimate of drug-likeness (QED) is 0.122. The molecule has 0 aromatic heterocycles. The number of phenols is 1. The molecule has 0 saturated heterocycles. The number of carboxylic acid groups (broad SMARTS) is 2. The summed E-state index contributed by atoms with van der Waals surface area (Å²) in [6.45, 7) is 3.53. The molecule has 4 amide bonds. The van der Waals surface area contributed by atoms with E-state index in [1.807, 2.05) is 0 Å². The van der Waals surface area contributed by atoms with Crippen LogP contribution in [0.3, 0.4) is 0 Å². The van der Waals surface area contributed by atoms with Crippen LogP contribution >= 0.6 is 0 Å². The highest BCUT2D eigenvalue weighted by molar-refractivity contribution is 5.95. The lowest BCUT2D eigenvalue weighted by molar-refractivity contribution is -0.143. The average Bonchev–Trinajstić information content (AvgIpc) is 2.81. The van der Waals surface area contributed by atoms with Crippen molar-refractivity contribution in [1.82, 2.24) is 16.0 Å². The summed E-state index contributed by atoms with van der Waals surface area (Å²) < 4.78 is 0. The number of nitrogens with two attached hydrogens (primary N) is 2. The summed E-state index contributed by atoms with van der Waals surface area (Å²) in [5.41, 5.74) is 11.3. The monoisotopic (exact) mass is 537 g/mol. The standard InChI is InChI=1S/C24H35N5O9/c1-12(2)9-16(27-21(34)15(25)7-8-19(26)31)22(35)28-17(11-20(32)33)23(36)29-18(24(37)38)10-13-3-5-14(30)6-4-13/h3-6,12,15-18,30H,7-11,25H2,1-2H3,(H2,26,31)(H,27,34)(H,28,35)(H,29,36)(H,32,33)(H,37,38). The molecule has 14 heteroatoms. The zero-order valence-electron chi connectivity index (χ0n) is 21.2. The second kappa shape index (κ2) is 15.1. The Kier molecular flexibility index (Phi) is 12.7. The lowest BCUT2D eigenvalue weighted by atomic mass is 10.0. The molecule has 210 valence electrons. The maximum absolute atomic E-state index is 13.0. The molecule has 1 rings (SSSR count).